The lowest BCUT2D eigenvalue weighted by Gasteiger charge is -2.28. The summed E-state index contributed by atoms with van der Waals surface area (Å²) in [5, 5.41) is 5.28. The Kier molecular flexibility index (Phi) is 5.62. The number of anilines is 1. The van der Waals surface area contributed by atoms with Gasteiger partial charge in [-0.05, 0) is 45.7 Å². The molecule has 0 spiro atoms. The molecule has 2 N–H and O–H groups in total. The number of nitrogens with zero attached hydrogens (tertiary/aromatic N) is 1. The van der Waals surface area contributed by atoms with Gasteiger partial charge in [-0.25, -0.2) is 4.79 Å². The minimum absolute atomic E-state index is 0.151. The SMILES string of the molecule is CC(C)(C)OC(=O)N1CCCC1C(=O)NCC(=O)Nc1ccc2c(c1)OCO2. The van der Waals surface area contributed by atoms with Crippen molar-refractivity contribution in [3.05, 3.63) is 18.2 Å². The summed E-state index contributed by atoms with van der Waals surface area (Å²) in [6.45, 7) is 5.73. The fraction of sp³-hybridized carbons (Fsp3) is 0.526. The summed E-state index contributed by atoms with van der Waals surface area (Å²) in [5.41, 5.74) is -0.0923. The van der Waals surface area contributed by atoms with Crippen LogP contribution in [0.2, 0.25) is 0 Å². The Morgan fingerprint density at radius 1 is 1.21 bits per heavy atom. The first-order chi connectivity index (χ1) is 13.2. The van der Waals surface area contributed by atoms with Gasteiger partial charge in [0.1, 0.15) is 11.6 Å². The fourth-order valence-corrected chi connectivity index (χ4v) is 3.04. The van der Waals surface area contributed by atoms with Crippen LogP contribution < -0.4 is 20.1 Å². The molecular weight excluding hydrogens is 366 g/mol. The van der Waals surface area contributed by atoms with Gasteiger partial charge in [0, 0.05) is 18.3 Å². The van der Waals surface area contributed by atoms with E-state index < -0.39 is 17.7 Å². The first-order valence-electron chi connectivity index (χ1n) is 9.20. The number of benzene rings is 1. The van der Waals surface area contributed by atoms with Crippen molar-refractivity contribution in [2.75, 3.05) is 25.2 Å². The average Bonchev–Trinajstić information content (AvgIpc) is 3.26. The zero-order chi connectivity index (χ0) is 20.3. The van der Waals surface area contributed by atoms with E-state index in [9.17, 15) is 14.4 Å². The molecule has 9 nitrogen and oxygen atoms in total. The molecule has 0 aliphatic carbocycles. The third-order valence-corrected chi connectivity index (χ3v) is 4.26. The lowest BCUT2D eigenvalue weighted by atomic mass is 10.2. The summed E-state index contributed by atoms with van der Waals surface area (Å²) in [4.78, 5) is 38.3. The van der Waals surface area contributed by atoms with Crippen molar-refractivity contribution in [2.24, 2.45) is 0 Å². The molecule has 1 aromatic carbocycles. The van der Waals surface area contributed by atoms with Crippen molar-refractivity contribution < 1.29 is 28.6 Å². The van der Waals surface area contributed by atoms with Crippen LogP contribution in [0.5, 0.6) is 11.5 Å². The van der Waals surface area contributed by atoms with Crippen molar-refractivity contribution >= 4 is 23.6 Å². The second kappa shape index (κ2) is 7.95. The molecule has 3 amide bonds. The molecule has 0 saturated carbocycles. The predicted molar refractivity (Wildman–Crippen MR) is 100 cm³/mol. The highest BCUT2D eigenvalue weighted by Crippen LogP contribution is 2.34. The van der Waals surface area contributed by atoms with E-state index in [0.29, 0.717) is 36.6 Å². The Morgan fingerprint density at radius 2 is 1.96 bits per heavy atom. The van der Waals surface area contributed by atoms with E-state index in [1.165, 1.54) is 4.90 Å². The molecule has 9 heteroatoms. The normalized spacial score (nSPS) is 18.0. The second-order valence-electron chi connectivity index (χ2n) is 7.67. The summed E-state index contributed by atoms with van der Waals surface area (Å²) in [5.74, 6) is 0.425. The molecule has 0 aromatic heterocycles. The number of fused-ring (bicyclic) bond motifs is 1. The number of likely N-dealkylation sites (tertiary alicyclic amines) is 1. The van der Waals surface area contributed by atoms with Gasteiger partial charge in [-0.2, -0.15) is 0 Å². The third kappa shape index (κ3) is 4.85. The van der Waals surface area contributed by atoms with Gasteiger partial charge >= 0.3 is 6.09 Å². The molecule has 3 rings (SSSR count). The highest BCUT2D eigenvalue weighted by molar-refractivity contribution is 5.96. The minimum atomic E-state index is -0.634. The monoisotopic (exact) mass is 391 g/mol. The number of ether oxygens (including phenoxy) is 3. The molecule has 1 aromatic rings. The van der Waals surface area contributed by atoms with Crippen molar-refractivity contribution in [1.29, 1.82) is 0 Å². The van der Waals surface area contributed by atoms with Crippen molar-refractivity contribution in [3.8, 4) is 11.5 Å². The van der Waals surface area contributed by atoms with Crippen molar-refractivity contribution in [3.63, 3.8) is 0 Å². The molecule has 2 aliphatic rings. The van der Waals surface area contributed by atoms with Gasteiger partial charge in [0.15, 0.2) is 11.5 Å². The maximum absolute atomic E-state index is 12.5. The van der Waals surface area contributed by atoms with E-state index in [4.69, 9.17) is 14.2 Å². The molecule has 1 unspecified atom stereocenters. The zero-order valence-corrected chi connectivity index (χ0v) is 16.2. The maximum atomic E-state index is 12.5. The van der Waals surface area contributed by atoms with Gasteiger partial charge in [0.2, 0.25) is 18.6 Å². The topological polar surface area (TPSA) is 106 Å². The van der Waals surface area contributed by atoms with Crippen LogP contribution in [0.15, 0.2) is 18.2 Å². The molecule has 0 bridgehead atoms. The Balaban J connectivity index is 1.50. The molecule has 152 valence electrons. The standard InChI is InChI=1S/C19H25N3O6/c1-19(2,3)28-18(25)22-8-4-5-13(22)17(24)20-10-16(23)21-12-6-7-14-15(9-12)27-11-26-14/h6-7,9,13H,4-5,8,10-11H2,1-3H3,(H,20,24)(H,21,23). The van der Waals surface area contributed by atoms with E-state index in [2.05, 4.69) is 10.6 Å². The maximum Gasteiger partial charge on any atom is 0.410 e. The van der Waals surface area contributed by atoms with E-state index in [-0.39, 0.29) is 25.2 Å². The van der Waals surface area contributed by atoms with E-state index in [1.54, 1.807) is 39.0 Å². The number of amides is 3. The Hall–Kier alpha value is -2.97. The van der Waals surface area contributed by atoms with Crippen molar-refractivity contribution in [1.82, 2.24) is 10.2 Å². The van der Waals surface area contributed by atoms with Gasteiger partial charge < -0.3 is 24.8 Å². The number of hydrogen-bond acceptors (Lipinski definition) is 6. The Labute approximate surface area is 163 Å². The lowest BCUT2D eigenvalue weighted by molar-refractivity contribution is -0.127. The van der Waals surface area contributed by atoms with Crippen LogP contribution in [0.1, 0.15) is 33.6 Å². The van der Waals surface area contributed by atoms with E-state index in [0.717, 1.165) is 0 Å². The first-order valence-corrected chi connectivity index (χ1v) is 9.20. The Morgan fingerprint density at radius 3 is 2.71 bits per heavy atom. The third-order valence-electron chi connectivity index (χ3n) is 4.26. The highest BCUT2D eigenvalue weighted by atomic mass is 16.7. The molecular formula is C19H25N3O6. The summed E-state index contributed by atoms with van der Waals surface area (Å²) >= 11 is 0. The first kappa shape index (κ1) is 19.8. The van der Waals surface area contributed by atoms with Crippen LogP contribution in [0.3, 0.4) is 0 Å². The number of rotatable bonds is 4. The average molecular weight is 391 g/mol. The Bertz CT molecular complexity index is 773. The second-order valence-corrected chi connectivity index (χ2v) is 7.67. The van der Waals surface area contributed by atoms with Crippen molar-refractivity contribution in [2.45, 2.75) is 45.3 Å². The number of hydrogen-bond donors (Lipinski definition) is 2. The number of nitrogens with one attached hydrogen (secondary N) is 2. The van der Waals surface area contributed by atoms with Gasteiger partial charge in [-0.1, -0.05) is 0 Å². The lowest BCUT2D eigenvalue weighted by Crippen LogP contribution is -2.48. The molecule has 2 heterocycles. The zero-order valence-electron chi connectivity index (χ0n) is 16.2. The molecule has 1 atom stereocenters. The minimum Gasteiger partial charge on any atom is -0.454 e. The summed E-state index contributed by atoms with van der Waals surface area (Å²) < 4.78 is 15.8. The van der Waals surface area contributed by atoms with Gasteiger partial charge in [0.05, 0.1) is 6.54 Å². The smallest absolute Gasteiger partial charge is 0.410 e. The van der Waals surface area contributed by atoms with Gasteiger partial charge in [0.25, 0.3) is 0 Å². The summed E-state index contributed by atoms with van der Waals surface area (Å²) in [6, 6.07) is 4.42. The highest BCUT2D eigenvalue weighted by Gasteiger charge is 2.36. The number of carbonyl (C=O) groups is 3. The van der Waals surface area contributed by atoms with E-state index >= 15 is 0 Å². The molecule has 2 aliphatic heterocycles. The predicted octanol–water partition coefficient (Wildman–Crippen LogP) is 1.87. The van der Waals surface area contributed by atoms with Crippen LogP contribution in [0, 0.1) is 0 Å². The molecule has 1 fully saturated rings. The van der Waals surface area contributed by atoms with Crippen LogP contribution in [-0.4, -0.2) is 54.3 Å². The van der Waals surface area contributed by atoms with E-state index in [1.807, 2.05) is 0 Å². The van der Waals surface area contributed by atoms with Crippen LogP contribution in [-0.2, 0) is 14.3 Å². The van der Waals surface area contributed by atoms with Crippen LogP contribution in [0.25, 0.3) is 0 Å². The molecule has 28 heavy (non-hydrogen) atoms. The van der Waals surface area contributed by atoms with Crippen LogP contribution >= 0.6 is 0 Å². The number of carbonyl (C=O) groups excluding carboxylic acids is 3. The van der Waals surface area contributed by atoms with Crippen LogP contribution in [0.4, 0.5) is 10.5 Å². The molecule has 1 saturated heterocycles. The van der Waals surface area contributed by atoms with Gasteiger partial charge in [-0.3, -0.25) is 14.5 Å². The van der Waals surface area contributed by atoms with Gasteiger partial charge in [-0.15, -0.1) is 0 Å². The quantitative estimate of drug-likeness (QED) is 0.812. The molecule has 0 radical (unpaired) electrons. The fourth-order valence-electron chi connectivity index (χ4n) is 3.04. The largest absolute Gasteiger partial charge is 0.454 e. The summed E-state index contributed by atoms with van der Waals surface area (Å²) in [7, 11) is 0. The summed E-state index contributed by atoms with van der Waals surface area (Å²) in [6.07, 6.45) is 0.727.